The van der Waals surface area contributed by atoms with Crippen molar-refractivity contribution in [3.8, 4) is 0 Å². The lowest BCUT2D eigenvalue weighted by atomic mass is 10.2. The molecule has 1 atom stereocenters. The molecule has 0 radical (unpaired) electrons. The molecule has 1 N–H and O–H groups in total. The Morgan fingerprint density at radius 1 is 1.27 bits per heavy atom. The summed E-state index contributed by atoms with van der Waals surface area (Å²) in [6.07, 6.45) is -1.19. The van der Waals surface area contributed by atoms with Crippen LogP contribution in [0.4, 0.5) is 10.1 Å². The van der Waals surface area contributed by atoms with E-state index in [1.807, 2.05) is 0 Å². The van der Waals surface area contributed by atoms with E-state index in [1.54, 1.807) is 0 Å². The van der Waals surface area contributed by atoms with Crippen molar-refractivity contribution in [2.45, 2.75) is 19.6 Å². The predicted molar refractivity (Wildman–Crippen MR) is 91.2 cm³/mol. The molecule has 1 amide bonds. The van der Waals surface area contributed by atoms with Gasteiger partial charge in [0, 0.05) is 17.6 Å². The van der Waals surface area contributed by atoms with Crippen molar-refractivity contribution in [3.63, 3.8) is 0 Å². The zero-order valence-electron chi connectivity index (χ0n) is 13.6. The Hall–Kier alpha value is -3.00. The van der Waals surface area contributed by atoms with Gasteiger partial charge in [-0.1, -0.05) is 23.7 Å². The molecular formula is C17H14ClFN2O5. The van der Waals surface area contributed by atoms with E-state index < -0.39 is 34.4 Å². The number of nitro groups is 1. The van der Waals surface area contributed by atoms with Crippen LogP contribution in [0.3, 0.4) is 0 Å². The number of amides is 1. The van der Waals surface area contributed by atoms with Gasteiger partial charge in [-0.25, -0.2) is 9.18 Å². The molecule has 9 heteroatoms. The molecule has 26 heavy (non-hydrogen) atoms. The Balaban J connectivity index is 2.00. The molecule has 0 aromatic heterocycles. The number of nitro benzene ring substituents is 1. The highest BCUT2D eigenvalue weighted by atomic mass is 35.5. The first kappa shape index (κ1) is 19.3. The molecule has 0 aliphatic heterocycles. The van der Waals surface area contributed by atoms with E-state index in [0.717, 1.165) is 12.1 Å². The van der Waals surface area contributed by atoms with Gasteiger partial charge in [-0.15, -0.1) is 0 Å². The molecule has 2 aromatic carbocycles. The fraction of sp³-hybridized carbons (Fsp3) is 0.176. The molecule has 0 fully saturated rings. The molecule has 0 spiro atoms. The van der Waals surface area contributed by atoms with Crippen molar-refractivity contribution < 1.29 is 23.6 Å². The minimum absolute atomic E-state index is 0.109. The van der Waals surface area contributed by atoms with Crippen LogP contribution in [0.5, 0.6) is 0 Å². The second kappa shape index (κ2) is 8.39. The number of carbonyl (C=O) groups excluding carboxylic acids is 2. The van der Waals surface area contributed by atoms with E-state index in [1.165, 1.54) is 37.3 Å². The van der Waals surface area contributed by atoms with Gasteiger partial charge in [-0.3, -0.25) is 14.9 Å². The first-order valence-corrected chi connectivity index (χ1v) is 7.83. The summed E-state index contributed by atoms with van der Waals surface area (Å²) in [5, 5.41) is 13.6. The van der Waals surface area contributed by atoms with Gasteiger partial charge >= 0.3 is 5.97 Å². The summed E-state index contributed by atoms with van der Waals surface area (Å²) in [7, 11) is 0. The third kappa shape index (κ3) is 5.00. The van der Waals surface area contributed by atoms with Crippen LogP contribution in [-0.2, 0) is 16.1 Å². The molecule has 0 aliphatic rings. The van der Waals surface area contributed by atoms with Crippen LogP contribution in [0.2, 0.25) is 5.02 Å². The number of benzene rings is 2. The predicted octanol–water partition coefficient (Wildman–Crippen LogP) is 3.25. The van der Waals surface area contributed by atoms with Crippen molar-refractivity contribution in [3.05, 3.63) is 74.5 Å². The smallest absolute Gasteiger partial charge is 0.345 e. The van der Waals surface area contributed by atoms with Gasteiger partial charge in [0.15, 0.2) is 6.10 Å². The van der Waals surface area contributed by atoms with Gasteiger partial charge in [0.2, 0.25) is 0 Å². The molecule has 7 nitrogen and oxygen atoms in total. The summed E-state index contributed by atoms with van der Waals surface area (Å²) < 4.78 is 17.8. The largest absolute Gasteiger partial charge is 0.449 e. The zero-order valence-corrected chi connectivity index (χ0v) is 14.3. The number of carbonyl (C=O) groups is 2. The second-order valence-corrected chi connectivity index (χ2v) is 5.75. The van der Waals surface area contributed by atoms with Crippen LogP contribution in [0, 0.1) is 15.9 Å². The number of esters is 1. The van der Waals surface area contributed by atoms with Crippen molar-refractivity contribution in [2.24, 2.45) is 0 Å². The number of nitrogens with one attached hydrogen (secondary N) is 1. The average Bonchev–Trinajstić information content (AvgIpc) is 2.60. The molecule has 1 unspecified atom stereocenters. The van der Waals surface area contributed by atoms with E-state index >= 15 is 0 Å². The summed E-state index contributed by atoms with van der Waals surface area (Å²) in [6.45, 7) is 1.44. The summed E-state index contributed by atoms with van der Waals surface area (Å²) >= 11 is 5.76. The standard InChI is InChI=1S/C17H14ClFN2O5/c1-10(16(22)20-9-11-2-5-13(19)6-3-11)26-17(23)14-8-12(18)4-7-15(14)21(24)25/h2-8,10H,9H2,1H3,(H,20,22). The monoisotopic (exact) mass is 380 g/mol. The topological polar surface area (TPSA) is 98.5 Å². The second-order valence-electron chi connectivity index (χ2n) is 5.31. The molecule has 136 valence electrons. The maximum absolute atomic E-state index is 12.8. The van der Waals surface area contributed by atoms with Crippen LogP contribution >= 0.6 is 11.6 Å². The van der Waals surface area contributed by atoms with Crippen LogP contribution in [0.1, 0.15) is 22.8 Å². The Kier molecular flexibility index (Phi) is 6.24. The minimum atomic E-state index is -1.19. The highest BCUT2D eigenvalue weighted by Crippen LogP contribution is 2.23. The first-order valence-electron chi connectivity index (χ1n) is 7.45. The van der Waals surface area contributed by atoms with Crippen LogP contribution < -0.4 is 5.32 Å². The lowest BCUT2D eigenvalue weighted by Gasteiger charge is -2.14. The lowest BCUT2D eigenvalue weighted by molar-refractivity contribution is -0.385. The van der Waals surface area contributed by atoms with E-state index in [0.29, 0.717) is 5.56 Å². The molecule has 2 aromatic rings. The Bertz CT molecular complexity index is 842. The summed E-state index contributed by atoms with van der Waals surface area (Å²) in [6, 6.07) is 8.97. The van der Waals surface area contributed by atoms with E-state index in [9.17, 15) is 24.1 Å². The third-order valence-electron chi connectivity index (χ3n) is 3.41. The SMILES string of the molecule is CC(OC(=O)c1cc(Cl)ccc1[N+](=O)[O-])C(=O)NCc1ccc(F)cc1. The van der Waals surface area contributed by atoms with Gasteiger partial charge in [0.1, 0.15) is 11.4 Å². The number of hydrogen-bond donors (Lipinski definition) is 1. The molecule has 0 bridgehead atoms. The number of hydrogen-bond acceptors (Lipinski definition) is 5. The fourth-order valence-electron chi connectivity index (χ4n) is 2.04. The van der Waals surface area contributed by atoms with Crippen LogP contribution in [0.15, 0.2) is 42.5 Å². The quantitative estimate of drug-likeness (QED) is 0.471. The zero-order chi connectivity index (χ0) is 19.3. The van der Waals surface area contributed by atoms with Gasteiger partial charge in [0.05, 0.1) is 4.92 Å². The van der Waals surface area contributed by atoms with Crippen LogP contribution in [-0.4, -0.2) is 22.9 Å². The van der Waals surface area contributed by atoms with E-state index in [4.69, 9.17) is 16.3 Å². The van der Waals surface area contributed by atoms with E-state index in [-0.39, 0.29) is 17.1 Å². The van der Waals surface area contributed by atoms with Crippen molar-refractivity contribution >= 4 is 29.2 Å². The van der Waals surface area contributed by atoms with Gasteiger partial charge in [-0.05, 0) is 36.8 Å². The Morgan fingerprint density at radius 2 is 1.92 bits per heavy atom. The van der Waals surface area contributed by atoms with E-state index in [2.05, 4.69) is 5.32 Å². The summed E-state index contributed by atoms with van der Waals surface area (Å²) in [4.78, 5) is 34.4. The van der Waals surface area contributed by atoms with Crippen molar-refractivity contribution in [1.29, 1.82) is 0 Å². The Labute approximate surface area is 152 Å². The normalized spacial score (nSPS) is 11.5. The molecule has 0 saturated carbocycles. The minimum Gasteiger partial charge on any atom is -0.449 e. The van der Waals surface area contributed by atoms with Crippen molar-refractivity contribution in [2.75, 3.05) is 0 Å². The summed E-state index contributed by atoms with van der Waals surface area (Å²) in [5.41, 5.74) is -0.164. The molecule has 0 saturated heterocycles. The first-order chi connectivity index (χ1) is 12.3. The van der Waals surface area contributed by atoms with Gasteiger partial charge in [-0.2, -0.15) is 0 Å². The van der Waals surface area contributed by atoms with Crippen LogP contribution in [0.25, 0.3) is 0 Å². The molecule has 2 rings (SSSR count). The lowest BCUT2D eigenvalue weighted by Crippen LogP contribution is -2.35. The fourth-order valence-corrected chi connectivity index (χ4v) is 2.22. The highest BCUT2D eigenvalue weighted by molar-refractivity contribution is 6.31. The maximum Gasteiger partial charge on any atom is 0.345 e. The Morgan fingerprint density at radius 3 is 2.54 bits per heavy atom. The number of ether oxygens (including phenoxy) is 1. The maximum atomic E-state index is 12.8. The number of nitrogens with zero attached hydrogens (tertiary/aromatic N) is 1. The highest BCUT2D eigenvalue weighted by Gasteiger charge is 2.25. The number of rotatable bonds is 6. The van der Waals surface area contributed by atoms with Gasteiger partial charge in [0.25, 0.3) is 11.6 Å². The summed E-state index contributed by atoms with van der Waals surface area (Å²) in [5.74, 6) is -2.04. The molecule has 0 heterocycles. The third-order valence-corrected chi connectivity index (χ3v) is 3.64. The number of halogens is 2. The average molecular weight is 381 g/mol. The van der Waals surface area contributed by atoms with Crippen molar-refractivity contribution in [1.82, 2.24) is 5.32 Å². The molecular weight excluding hydrogens is 367 g/mol. The van der Waals surface area contributed by atoms with Gasteiger partial charge < -0.3 is 10.1 Å². The molecule has 0 aliphatic carbocycles.